The van der Waals surface area contributed by atoms with Gasteiger partial charge < -0.3 is 20.7 Å². The fourth-order valence-corrected chi connectivity index (χ4v) is 2.64. The molecule has 3 N–H and O–H groups in total. The van der Waals surface area contributed by atoms with Crippen molar-refractivity contribution < 1.29 is 9.53 Å². The second kappa shape index (κ2) is 6.90. The first-order chi connectivity index (χ1) is 10.3. The van der Waals surface area contributed by atoms with Crippen LogP contribution in [0.3, 0.4) is 0 Å². The molecule has 0 bridgehead atoms. The average molecular weight is 305 g/mol. The highest BCUT2D eigenvalue weighted by molar-refractivity contribution is 5.68. The van der Waals surface area contributed by atoms with Gasteiger partial charge in [-0.3, -0.25) is 0 Å². The first-order valence-electron chi connectivity index (χ1n) is 7.91. The van der Waals surface area contributed by atoms with Crippen molar-refractivity contribution in [3.8, 4) is 0 Å². The number of amides is 1. The summed E-state index contributed by atoms with van der Waals surface area (Å²) < 4.78 is 5.45. The first kappa shape index (κ1) is 16.5. The van der Waals surface area contributed by atoms with Gasteiger partial charge in [-0.25, -0.2) is 4.79 Å². The van der Waals surface area contributed by atoms with Gasteiger partial charge in [0, 0.05) is 19.6 Å². The van der Waals surface area contributed by atoms with Gasteiger partial charge in [0.05, 0.1) is 11.4 Å². The third kappa shape index (κ3) is 4.83. The molecular formula is C17H27N3O2. The highest BCUT2D eigenvalue weighted by atomic mass is 16.6. The van der Waals surface area contributed by atoms with Crippen molar-refractivity contribution in [3.63, 3.8) is 0 Å². The maximum absolute atomic E-state index is 12.2. The lowest BCUT2D eigenvalue weighted by Crippen LogP contribution is -2.44. The number of likely N-dealkylation sites (tertiary alicyclic amines) is 1. The van der Waals surface area contributed by atoms with Crippen molar-refractivity contribution in [1.29, 1.82) is 0 Å². The van der Waals surface area contributed by atoms with E-state index in [1.807, 2.05) is 49.9 Å². The van der Waals surface area contributed by atoms with Crippen LogP contribution in [0.15, 0.2) is 24.3 Å². The zero-order valence-corrected chi connectivity index (χ0v) is 13.8. The third-order valence-electron chi connectivity index (χ3n) is 3.71. The molecule has 1 saturated heterocycles. The summed E-state index contributed by atoms with van der Waals surface area (Å²) in [6.45, 7) is 8.01. The quantitative estimate of drug-likeness (QED) is 0.841. The van der Waals surface area contributed by atoms with Gasteiger partial charge in [0.2, 0.25) is 0 Å². The number of anilines is 2. The van der Waals surface area contributed by atoms with E-state index >= 15 is 0 Å². The lowest BCUT2D eigenvalue weighted by atomic mass is 9.98. The van der Waals surface area contributed by atoms with E-state index in [2.05, 4.69) is 5.32 Å². The molecule has 5 nitrogen and oxygen atoms in total. The number of nitrogens with zero attached hydrogens (tertiary/aromatic N) is 1. The van der Waals surface area contributed by atoms with Crippen LogP contribution in [0, 0.1) is 5.92 Å². The van der Waals surface area contributed by atoms with Crippen LogP contribution in [0.5, 0.6) is 0 Å². The predicted octanol–water partition coefficient (Wildman–Crippen LogP) is 3.33. The summed E-state index contributed by atoms with van der Waals surface area (Å²) in [5, 5.41) is 3.39. The molecule has 0 radical (unpaired) electrons. The summed E-state index contributed by atoms with van der Waals surface area (Å²) in [6.07, 6.45) is 1.91. The van der Waals surface area contributed by atoms with Gasteiger partial charge in [0.15, 0.2) is 0 Å². The number of para-hydroxylation sites is 2. The Morgan fingerprint density at radius 3 is 2.82 bits per heavy atom. The highest BCUT2D eigenvalue weighted by Gasteiger charge is 2.27. The van der Waals surface area contributed by atoms with Gasteiger partial charge in [-0.2, -0.15) is 0 Å². The fourth-order valence-electron chi connectivity index (χ4n) is 2.64. The Hall–Kier alpha value is -1.91. The second-order valence-corrected chi connectivity index (χ2v) is 6.90. The number of nitrogens with two attached hydrogens (primary N) is 1. The summed E-state index contributed by atoms with van der Waals surface area (Å²) >= 11 is 0. The van der Waals surface area contributed by atoms with Gasteiger partial charge in [-0.1, -0.05) is 12.1 Å². The Bertz CT molecular complexity index is 511. The molecule has 1 aromatic rings. The number of rotatable bonds is 3. The number of hydrogen-bond donors (Lipinski definition) is 2. The molecule has 1 heterocycles. The molecular weight excluding hydrogens is 278 g/mol. The Morgan fingerprint density at radius 2 is 2.14 bits per heavy atom. The number of nitrogen functional groups attached to an aromatic ring is 1. The molecule has 0 spiro atoms. The summed E-state index contributed by atoms with van der Waals surface area (Å²) in [5.41, 5.74) is 7.20. The second-order valence-electron chi connectivity index (χ2n) is 6.90. The topological polar surface area (TPSA) is 67.6 Å². The molecule has 5 heteroatoms. The molecule has 22 heavy (non-hydrogen) atoms. The lowest BCUT2D eigenvalue weighted by Gasteiger charge is -2.34. The van der Waals surface area contributed by atoms with Crippen molar-refractivity contribution in [2.24, 2.45) is 5.92 Å². The Labute approximate surface area is 132 Å². The summed E-state index contributed by atoms with van der Waals surface area (Å²) in [7, 11) is 0. The number of ether oxygens (including phenoxy) is 1. The molecule has 1 fully saturated rings. The minimum Gasteiger partial charge on any atom is -0.444 e. The maximum Gasteiger partial charge on any atom is 0.410 e. The van der Waals surface area contributed by atoms with Crippen molar-refractivity contribution in [1.82, 2.24) is 4.90 Å². The minimum atomic E-state index is -0.444. The van der Waals surface area contributed by atoms with Crippen LogP contribution >= 0.6 is 0 Å². The van der Waals surface area contributed by atoms with Gasteiger partial charge in [-0.15, -0.1) is 0 Å². The zero-order valence-electron chi connectivity index (χ0n) is 13.8. The number of piperidine rings is 1. The van der Waals surface area contributed by atoms with E-state index in [1.54, 1.807) is 0 Å². The summed E-state index contributed by atoms with van der Waals surface area (Å²) in [4.78, 5) is 14.0. The monoisotopic (exact) mass is 305 g/mol. The van der Waals surface area contributed by atoms with Crippen LogP contribution in [-0.4, -0.2) is 36.2 Å². The SMILES string of the molecule is CC(C)(C)OC(=O)N1CCC[C@@H](CNc2ccccc2N)C1. The number of benzene rings is 1. The van der Waals surface area contributed by atoms with Gasteiger partial charge in [0.25, 0.3) is 0 Å². The molecule has 0 saturated carbocycles. The first-order valence-corrected chi connectivity index (χ1v) is 7.91. The summed E-state index contributed by atoms with van der Waals surface area (Å²) in [6, 6.07) is 7.75. The smallest absolute Gasteiger partial charge is 0.410 e. The van der Waals surface area contributed by atoms with Crippen molar-refractivity contribution in [2.45, 2.75) is 39.2 Å². The van der Waals surface area contributed by atoms with Crippen molar-refractivity contribution >= 4 is 17.5 Å². The van der Waals surface area contributed by atoms with Crippen LogP contribution < -0.4 is 11.1 Å². The van der Waals surface area contributed by atoms with E-state index in [-0.39, 0.29) is 6.09 Å². The van der Waals surface area contributed by atoms with E-state index in [0.29, 0.717) is 5.92 Å². The van der Waals surface area contributed by atoms with Crippen LogP contribution in [-0.2, 0) is 4.74 Å². The molecule has 1 aromatic carbocycles. The van der Waals surface area contributed by atoms with Crippen molar-refractivity contribution in [3.05, 3.63) is 24.3 Å². The maximum atomic E-state index is 12.2. The summed E-state index contributed by atoms with van der Waals surface area (Å²) in [5.74, 6) is 0.417. The fraction of sp³-hybridized carbons (Fsp3) is 0.588. The molecule has 1 amide bonds. The Balaban J connectivity index is 1.86. The van der Waals surface area contributed by atoms with Crippen LogP contribution in [0.25, 0.3) is 0 Å². The van der Waals surface area contributed by atoms with E-state index < -0.39 is 5.60 Å². The molecule has 0 unspecified atom stereocenters. The molecule has 1 aliphatic rings. The normalized spacial score (nSPS) is 18.9. The zero-order chi connectivity index (χ0) is 16.2. The van der Waals surface area contributed by atoms with Gasteiger partial charge in [0.1, 0.15) is 5.60 Å². The van der Waals surface area contributed by atoms with E-state index in [4.69, 9.17) is 10.5 Å². The highest BCUT2D eigenvalue weighted by Crippen LogP contribution is 2.22. The lowest BCUT2D eigenvalue weighted by molar-refractivity contribution is 0.0172. The van der Waals surface area contributed by atoms with E-state index in [9.17, 15) is 4.79 Å². The number of nitrogens with one attached hydrogen (secondary N) is 1. The molecule has 2 rings (SSSR count). The number of carbonyl (C=O) groups is 1. The number of carbonyl (C=O) groups excluding carboxylic acids is 1. The average Bonchev–Trinajstić information content (AvgIpc) is 2.45. The van der Waals surface area contributed by atoms with E-state index in [0.717, 1.165) is 43.9 Å². The van der Waals surface area contributed by atoms with Crippen molar-refractivity contribution in [2.75, 3.05) is 30.7 Å². The standard InChI is InChI=1S/C17H27N3O2/c1-17(2,3)22-16(21)20-10-6-7-13(12-20)11-19-15-9-5-4-8-14(15)18/h4-5,8-9,13,19H,6-7,10-12,18H2,1-3H3/t13-/m0/s1. The van der Waals surface area contributed by atoms with Crippen LogP contribution in [0.4, 0.5) is 16.2 Å². The molecule has 0 aromatic heterocycles. The molecule has 1 aliphatic heterocycles. The Kier molecular flexibility index (Phi) is 5.16. The van der Waals surface area contributed by atoms with Crippen LogP contribution in [0.2, 0.25) is 0 Å². The molecule has 122 valence electrons. The molecule has 1 atom stereocenters. The largest absolute Gasteiger partial charge is 0.444 e. The third-order valence-corrected chi connectivity index (χ3v) is 3.71. The van der Waals surface area contributed by atoms with Gasteiger partial charge >= 0.3 is 6.09 Å². The van der Waals surface area contributed by atoms with Crippen LogP contribution in [0.1, 0.15) is 33.6 Å². The van der Waals surface area contributed by atoms with E-state index in [1.165, 1.54) is 0 Å². The minimum absolute atomic E-state index is 0.212. The Morgan fingerprint density at radius 1 is 1.41 bits per heavy atom. The predicted molar refractivity (Wildman–Crippen MR) is 89.9 cm³/mol. The number of hydrogen-bond acceptors (Lipinski definition) is 4. The van der Waals surface area contributed by atoms with Gasteiger partial charge in [-0.05, 0) is 51.7 Å². The molecule has 0 aliphatic carbocycles.